The summed E-state index contributed by atoms with van der Waals surface area (Å²) in [6, 6.07) is 19.8. The van der Waals surface area contributed by atoms with Crippen LogP contribution in [-0.2, 0) is 11.3 Å². The van der Waals surface area contributed by atoms with Gasteiger partial charge >= 0.3 is 0 Å². The molecule has 0 saturated carbocycles. The highest BCUT2D eigenvalue weighted by atomic mass is 32.2. The van der Waals surface area contributed by atoms with Crippen molar-refractivity contribution in [3.05, 3.63) is 100 Å². The average molecular weight is 469 g/mol. The number of rotatable bonds is 6. The molecule has 0 spiro atoms. The van der Waals surface area contributed by atoms with E-state index in [9.17, 15) is 4.79 Å². The normalized spacial score (nSPS) is 16.5. The molecule has 6 nitrogen and oxygen atoms in total. The van der Waals surface area contributed by atoms with E-state index in [0.717, 1.165) is 28.3 Å². The van der Waals surface area contributed by atoms with Crippen LogP contribution in [0.3, 0.4) is 0 Å². The lowest BCUT2D eigenvalue weighted by atomic mass is 10.1. The summed E-state index contributed by atoms with van der Waals surface area (Å²) in [6.07, 6.45) is 3.69. The lowest BCUT2D eigenvalue weighted by Gasteiger charge is -2.27. The minimum atomic E-state index is -0.397. The highest BCUT2D eigenvalue weighted by Crippen LogP contribution is 2.37. The van der Waals surface area contributed by atoms with Crippen LogP contribution in [0.4, 0.5) is 0 Å². The number of thioether (sulfide) groups is 1. The fourth-order valence-corrected chi connectivity index (χ4v) is 4.93. The molecule has 0 aliphatic carbocycles. The summed E-state index contributed by atoms with van der Waals surface area (Å²) >= 11 is 1.36. The zero-order valence-electron chi connectivity index (χ0n) is 19.0. The third-order valence-corrected chi connectivity index (χ3v) is 6.59. The van der Waals surface area contributed by atoms with Crippen LogP contribution in [0.2, 0.25) is 0 Å². The summed E-state index contributed by atoms with van der Waals surface area (Å²) < 4.78 is 8.00. The molecular weight excluding hydrogens is 444 g/mol. The summed E-state index contributed by atoms with van der Waals surface area (Å²) in [7, 11) is 0. The highest BCUT2D eigenvalue weighted by Gasteiger charge is 2.36. The van der Waals surface area contributed by atoms with Crippen LogP contribution in [0, 0.1) is 19.3 Å². The number of nitrogens with one attached hydrogen (secondary N) is 1. The number of amidine groups is 2. The van der Waals surface area contributed by atoms with E-state index in [-0.39, 0.29) is 11.4 Å². The minimum Gasteiger partial charge on any atom is -0.491 e. The Morgan fingerprint density at radius 2 is 1.91 bits per heavy atom. The molecule has 2 aromatic carbocycles. The Morgan fingerprint density at radius 1 is 1.09 bits per heavy atom. The van der Waals surface area contributed by atoms with E-state index in [1.54, 1.807) is 11.0 Å². The van der Waals surface area contributed by atoms with Crippen molar-refractivity contribution in [3.8, 4) is 5.75 Å². The quantitative estimate of drug-likeness (QED) is 0.486. The number of nitrogens with zero attached hydrogens (tertiary/aromatic N) is 3. The summed E-state index contributed by atoms with van der Waals surface area (Å²) in [5.41, 5.74) is 5.23. The molecule has 170 valence electrons. The third kappa shape index (κ3) is 4.22. The predicted molar refractivity (Wildman–Crippen MR) is 138 cm³/mol. The Hall–Kier alpha value is -3.84. The van der Waals surface area contributed by atoms with Gasteiger partial charge in [-0.3, -0.25) is 15.1 Å². The topological polar surface area (TPSA) is 70.7 Å². The minimum absolute atomic E-state index is 0.134. The van der Waals surface area contributed by atoms with E-state index >= 15 is 0 Å². The number of hydrogen-bond acceptors (Lipinski definition) is 4. The molecule has 0 bridgehead atoms. The molecule has 1 aromatic heterocycles. The summed E-state index contributed by atoms with van der Waals surface area (Å²) in [5.74, 6) is 0.607. The maximum atomic E-state index is 12.8. The molecule has 1 amide bonds. The number of aryl methyl sites for hydroxylation is 2. The summed E-state index contributed by atoms with van der Waals surface area (Å²) in [5, 5.41) is 11.3. The van der Waals surface area contributed by atoms with Crippen LogP contribution in [0.5, 0.6) is 5.75 Å². The van der Waals surface area contributed by atoms with Gasteiger partial charge in [0.1, 0.15) is 18.2 Å². The number of fused-ring (bicyclic) bond motifs is 1. The molecular formula is C27H24N4O2S. The molecule has 3 aromatic rings. The maximum absolute atomic E-state index is 12.8. The first-order valence-corrected chi connectivity index (χ1v) is 11.9. The molecule has 0 unspecified atom stereocenters. The van der Waals surface area contributed by atoms with Crippen LogP contribution in [0.25, 0.3) is 11.8 Å². The first-order chi connectivity index (χ1) is 16.5. The van der Waals surface area contributed by atoms with Gasteiger partial charge in [-0.25, -0.2) is 0 Å². The molecule has 1 N–H and O–H groups in total. The van der Waals surface area contributed by atoms with E-state index in [1.807, 2.05) is 77.7 Å². The zero-order chi connectivity index (χ0) is 23.7. The van der Waals surface area contributed by atoms with Gasteiger partial charge in [0.2, 0.25) is 0 Å². The molecule has 3 heterocycles. The third-order valence-electron chi connectivity index (χ3n) is 5.76. The molecule has 2 aliphatic rings. The molecule has 0 radical (unpaired) electrons. The van der Waals surface area contributed by atoms with E-state index < -0.39 is 5.91 Å². The van der Waals surface area contributed by atoms with Crippen molar-refractivity contribution in [3.63, 3.8) is 0 Å². The van der Waals surface area contributed by atoms with Crippen molar-refractivity contribution < 1.29 is 9.53 Å². The van der Waals surface area contributed by atoms with Gasteiger partial charge in [0.25, 0.3) is 5.91 Å². The number of benzene rings is 2. The number of carbonyl (C=O) groups is 1. The van der Waals surface area contributed by atoms with Gasteiger partial charge in [-0.15, -0.1) is 0 Å². The molecule has 34 heavy (non-hydrogen) atoms. The molecule has 0 saturated heterocycles. The SMILES string of the molecule is Cc1ccc(OCCn2cccc2/C=C2/C(=N)N3C(c4ccccc4)=CSC3=NC2=O)c(C)c1. The number of hydrogen-bond donors (Lipinski definition) is 1. The van der Waals surface area contributed by atoms with Crippen molar-refractivity contribution in [2.45, 2.75) is 20.4 Å². The van der Waals surface area contributed by atoms with Crippen molar-refractivity contribution in [1.82, 2.24) is 9.47 Å². The molecule has 2 aliphatic heterocycles. The summed E-state index contributed by atoms with van der Waals surface area (Å²) in [6.45, 7) is 5.21. The zero-order valence-corrected chi connectivity index (χ0v) is 19.8. The number of aliphatic imine (C=N–C) groups is 1. The molecule has 5 rings (SSSR count). The standard InChI is InChI=1S/C27H24N4O2S/c1-18-10-11-24(19(2)15-18)33-14-13-30-12-6-9-21(30)16-22-25(28)31-23(20-7-4-3-5-8-20)17-34-27(31)29-26(22)32/h3-12,15-17,28H,13-14H2,1-2H3/b22-16-,28-25?. The van der Waals surface area contributed by atoms with Gasteiger partial charge in [0.15, 0.2) is 5.17 Å². The number of ether oxygens (including phenoxy) is 1. The molecule has 0 fully saturated rings. The van der Waals surface area contributed by atoms with Crippen LogP contribution < -0.4 is 4.74 Å². The second-order valence-electron chi connectivity index (χ2n) is 8.17. The molecule has 0 atom stereocenters. The second-order valence-corrected chi connectivity index (χ2v) is 9.01. The monoisotopic (exact) mass is 468 g/mol. The van der Waals surface area contributed by atoms with Crippen LogP contribution in [-0.4, -0.2) is 33.0 Å². The fourth-order valence-electron chi connectivity index (χ4n) is 4.04. The Kier molecular flexibility index (Phi) is 5.94. The predicted octanol–water partition coefficient (Wildman–Crippen LogP) is 5.49. The largest absolute Gasteiger partial charge is 0.491 e. The number of carbonyl (C=O) groups excluding carboxylic acids is 1. The smallest absolute Gasteiger partial charge is 0.283 e. The lowest BCUT2D eigenvalue weighted by Crippen LogP contribution is -2.38. The van der Waals surface area contributed by atoms with E-state index in [0.29, 0.717) is 18.3 Å². The highest BCUT2D eigenvalue weighted by molar-refractivity contribution is 8.17. The van der Waals surface area contributed by atoms with Crippen molar-refractivity contribution in [2.75, 3.05) is 6.61 Å². The number of aromatic nitrogens is 1. The van der Waals surface area contributed by atoms with E-state index in [4.69, 9.17) is 10.1 Å². The maximum Gasteiger partial charge on any atom is 0.283 e. The van der Waals surface area contributed by atoms with Crippen molar-refractivity contribution in [2.24, 2.45) is 4.99 Å². The first kappa shape index (κ1) is 22.0. The Balaban J connectivity index is 1.35. The van der Waals surface area contributed by atoms with Gasteiger partial charge in [-0.2, -0.15) is 4.99 Å². The van der Waals surface area contributed by atoms with Gasteiger partial charge in [0, 0.05) is 17.3 Å². The van der Waals surface area contributed by atoms with Gasteiger partial charge in [-0.1, -0.05) is 59.8 Å². The Bertz CT molecular complexity index is 1370. The van der Waals surface area contributed by atoms with Crippen molar-refractivity contribution >= 4 is 40.4 Å². The van der Waals surface area contributed by atoms with Crippen LogP contribution in [0.15, 0.2) is 82.8 Å². The van der Waals surface area contributed by atoms with Crippen LogP contribution >= 0.6 is 11.8 Å². The Morgan fingerprint density at radius 3 is 2.71 bits per heavy atom. The molecule has 7 heteroatoms. The van der Waals surface area contributed by atoms with Crippen molar-refractivity contribution in [1.29, 1.82) is 5.41 Å². The van der Waals surface area contributed by atoms with Gasteiger partial charge < -0.3 is 9.30 Å². The Labute approximate surface area is 202 Å². The first-order valence-electron chi connectivity index (χ1n) is 11.0. The second kappa shape index (κ2) is 9.19. The van der Waals surface area contributed by atoms with Gasteiger partial charge in [-0.05, 0) is 49.2 Å². The average Bonchev–Trinajstić information content (AvgIpc) is 3.45. The lowest BCUT2D eigenvalue weighted by molar-refractivity contribution is -0.114. The summed E-state index contributed by atoms with van der Waals surface area (Å²) in [4.78, 5) is 18.8. The van der Waals surface area contributed by atoms with Crippen LogP contribution in [0.1, 0.15) is 22.4 Å². The fraction of sp³-hybridized carbons (Fsp3) is 0.148. The van der Waals surface area contributed by atoms with Gasteiger partial charge in [0.05, 0.1) is 17.8 Å². The van der Waals surface area contributed by atoms with E-state index in [2.05, 4.69) is 18.0 Å². The van der Waals surface area contributed by atoms with E-state index in [1.165, 1.54) is 17.3 Å². The number of amides is 1.